The Balaban J connectivity index is 1.73. The summed E-state index contributed by atoms with van der Waals surface area (Å²) >= 11 is 0. The molecule has 0 saturated carbocycles. The summed E-state index contributed by atoms with van der Waals surface area (Å²) < 4.78 is 22.6. The van der Waals surface area contributed by atoms with E-state index in [0.29, 0.717) is 0 Å². The topological polar surface area (TPSA) is 40.6 Å². The second-order valence-corrected chi connectivity index (χ2v) is 8.50. The summed E-state index contributed by atoms with van der Waals surface area (Å²) in [5.74, 6) is 0. The smallest absolute Gasteiger partial charge is 0.261 e. The molecule has 1 heterocycles. The molecule has 2 aromatic rings. The molecule has 128 valence electrons. The van der Waals surface area contributed by atoms with Crippen LogP contribution in [0.5, 0.6) is 0 Å². The van der Waals surface area contributed by atoms with Crippen molar-refractivity contribution in [1.29, 1.82) is 0 Å². The van der Waals surface area contributed by atoms with E-state index in [2.05, 4.69) is 41.0 Å². The minimum Gasteiger partial charge on any atom is -0.369 e. The molecule has 0 amide bonds. The minimum atomic E-state index is -3.67. The maximum absolute atomic E-state index is 11.3. The third-order valence-electron chi connectivity index (χ3n) is 4.52. The van der Waals surface area contributed by atoms with Gasteiger partial charge in [0.2, 0.25) is 0 Å². The number of benzene rings is 2. The molecule has 0 bridgehead atoms. The van der Waals surface area contributed by atoms with Crippen LogP contribution in [-0.2, 0) is 9.05 Å². The van der Waals surface area contributed by atoms with E-state index in [4.69, 9.17) is 10.7 Å². The molecule has 0 aliphatic carbocycles. The molecule has 0 unspecified atom stereocenters. The number of halogens is 1. The van der Waals surface area contributed by atoms with Gasteiger partial charge in [-0.25, -0.2) is 8.42 Å². The second-order valence-electron chi connectivity index (χ2n) is 5.93. The van der Waals surface area contributed by atoms with Crippen LogP contribution < -0.4 is 4.90 Å². The van der Waals surface area contributed by atoms with E-state index in [1.165, 1.54) is 17.8 Å². The van der Waals surface area contributed by atoms with Crippen LogP contribution >= 0.6 is 10.7 Å². The number of anilines is 1. The molecule has 3 rings (SSSR count). The molecule has 0 spiro atoms. The Bertz CT molecular complexity index is 781. The molecule has 6 heteroatoms. The van der Waals surface area contributed by atoms with Gasteiger partial charge in [-0.1, -0.05) is 31.2 Å². The Morgan fingerprint density at radius 1 is 0.875 bits per heavy atom. The van der Waals surface area contributed by atoms with Crippen LogP contribution in [0, 0.1) is 0 Å². The predicted molar refractivity (Wildman–Crippen MR) is 99.2 cm³/mol. The van der Waals surface area contributed by atoms with Crippen molar-refractivity contribution >= 4 is 25.4 Å². The van der Waals surface area contributed by atoms with E-state index in [1.54, 1.807) is 12.1 Å². The van der Waals surface area contributed by atoms with Gasteiger partial charge in [0.05, 0.1) is 4.90 Å². The van der Waals surface area contributed by atoms with Gasteiger partial charge < -0.3 is 9.80 Å². The summed E-state index contributed by atoms with van der Waals surface area (Å²) in [6.45, 7) is 7.62. The van der Waals surface area contributed by atoms with Gasteiger partial charge in [-0.15, -0.1) is 0 Å². The molecular formula is C18H21ClN2O2S. The van der Waals surface area contributed by atoms with Crippen molar-refractivity contribution in [2.75, 3.05) is 37.6 Å². The van der Waals surface area contributed by atoms with Gasteiger partial charge in [-0.05, 0) is 41.9 Å². The molecular weight excluding hydrogens is 344 g/mol. The SMILES string of the molecule is CCN1CCN(c2ccc(-c3ccc(S(=O)(=O)Cl)cc3)cc2)CC1. The first-order chi connectivity index (χ1) is 11.5. The van der Waals surface area contributed by atoms with E-state index in [1.807, 2.05) is 0 Å². The summed E-state index contributed by atoms with van der Waals surface area (Å²) in [7, 11) is 1.68. The molecule has 2 aromatic carbocycles. The van der Waals surface area contributed by atoms with Crippen molar-refractivity contribution in [3.8, 4) is 11.1 Å². The van der Waals surface area contributed by atoms with Gasteiger partial charge in [0.15, 0.2) is 0 Å². The molecule has 0 atom stereocenters. The lowest BCUT2D eigenvalue weighted by molar-refractivity contribution is 0.271. The van der Waals surface area contributed by atoms with Crippen molar-refractivity contribution in [2.45, 2.75) is 11.8 Å². The van der Waals surface area contributed by atoms with E-state index in [0.717, 1.165) is 43.9 Å². The molecule has 0 radical (unpaired) electrons. The van der Waals surface area contributed by atoms with Crippen LogP contribution in [0.25, 0.3) is 11.1 Å². The highest BCUT2D eigenvalue weighted by molar-refractivity contribution is 8.13. The quantitative estimate of drug-likeness (QED) is 0.779. The molecule has 1 aliphatic heterocycles. The summed E-state index contributed by atoms with van der Waals surface area (Å²) in [5.41, 5.74) is 3.26. The number of hydrogen-bond acceptors (Lipinski definition) is 4. The van der Waals surface area contributed by atoms with Crippen LogP contribution in [0.15, 0.2) is 53.4 Å². The second kappa shape index (κ2) is 7.13. The first kappa shape index (κ1) is 17.3. The average molecular weight is 365 g/mol. The van der Waals surface area contributed by atoms with Gasteiger partial charge in [-0.2, -0.15) is 0 Å². The van der Waals surface area contributed by atoms with E-state index in [-0.39, 0.29) is 4.90 Å². The van der Waals surface area contributed by atoms with E-state index in [9.17, 15) is 8.42 Å². The fourth-order valence-corrected chi connectivity index (χ4v) is 3.77. The summed E-state index contributed by atoms with van der Waals surface area (Å²) in [5, 5.41) is 0. The highest BCUT2D eigenvalue weighted by atomic mass is 35.7. The highest BCUT2D eigenvalue weighted by Gasteiger charge is 2.15. The number of hydrogen-bond donors (Lipinski definition) is 0. The number of nitrogens with zero attached hydrogens (tertiary/aromatic N) is 2. The van der Waals surface area contributed by atoms with Gasteiger partial charge in [0, 0.05) is 42.5 Å². The first-order valence-corrected chi connectivity index (χ1v) is 10.4. The lowest BCUT2D eigenvalue weighted by Gasteiger charge is -2.35. The Morgan fingerprint density at radius 3 is 1.83 bits per heavy atom. The Labute approximate surface area is 148 Å². The number of likely N-dealkylation sites (N-methyl/N-ethyl adjacent to an activating group) is 1. The maximum atomic E-state index is 11.3. The van der Waals surface area contributed by atoms with E-state index >= 15 is 0 Å². The maximum Gasteiger partial charge on any atom is 0.261 e. The summed E-state index contributed by atoms with van der Waals surface area (Å²) in [6.07, 6.45) is 0. The fourth-order valence-electron chi connectivity index (χ4n) is 3.00. The Hall–Kier alpha value is -1.56. The number of piperazine rings is 1. The van der Waals surface area contributed by atoms with Crippen molar-refractivity contribution < 1.29 is 8.42 Å². The minimum absolute atomic E-state index is 0.123. The van der Waals surface area contributed by atoms with Crippen LogP contribution in [0.1, 0.15) is 6.92 Å². The fraction of sp³-hybridized carbons (Fsp3) is 0.333. The monoisotopic (exact) mass is 364 g/mol. The van der Waals surface area contributed by atoms with Crippen molar-refractivity contribution in [1.82, 2.24) is 4.90 Å². The standard InChI is InChI=1S/C18H21ClN2O2S/c1-2-20-11-13-21(14-12-20)17-7-3-15(4-8-17)16-5-9-18(10-6-16)24(19,22)23/h3-10H,2,11-14H2,1H3. The van der Waals surface area contributed by atoms with Gasteiger partial charge in [-0.3, -0.25) is 0 Å². The van der Waals surface area contributed by atoms with Crippen molar-refractivity contribution in [3.63, 3.8) is 0 Å². The lowest BCUT2D eigenvalue weighted by Crippen LogP contribution is -2.46. The Morgan fingerprint density at radius 2 is 1.38 bits per heavy atom. The third kappa shape index (κ3) is 3.91. The van der Waals surface area contributed by atoms with Crippen molar-refractivity contribution in [3.05, 3.63) is 48.5 Å². The van der Waals surface area contributed by atoms with Gasteiger partial charge in [0.25, 0.3) is 9.05 Å². The summed E-state index contributed by atoms with van der Waals surface area (Å²) in [4.78, 5) is 4.98. The van der Waals surface area contributed by atoms with Crippen LogP contribution in [0.3, 0.4) is 0 Å². The van der Waals surface area contributed by atoms with Gasteiger partial charge >= 0.3 is 0 Å². The van der Waals surface area contributed by atoms with Crippen LogP contribution in [-0.4, -0.2) is 46.0 Å². The number of rotatable bonds is 4. The molecule has 0 N–H and O–H groups in total. The zero-order valence-electron chi connectivity index (χ0n) is 13.7. The zero-order valence-corrected chi connectivity index (χ0v) is 15.2. The molecule has 24 heavy (non-hydrogen) atoms. The first-order valence-electron chi connectivity index (χ1n) is 8.10. The van der Waals surface area contributed by atoms with Crippen molar-refractivity contribution in [2.24, 2.45) is 0 Å². The van der Waals surface area contributed by atoms with Gasteiger partial charge in [0.1, 0.15) is 0 Å². The predicted octanol–water partition coefficient (Wildman–Crippen LogP) is 3.42. The molecule has 1 saturated heterocycles. The van der Waals surface area contributed by atoms with Crippen LogP contribution in [0.4, 0.5) is 5.69 Å². The highest BCUT2D eigenvalue weighted by Crippen LogP contribution is 2.25. The molecule has 1 fully saturated rings. The zero-order chi connectivity index (χ0) is 17.2. The average Bonchev–Trinajstić information content (AvgIpc) is 2.61. The molecule has 1 aliphatic rings. The summed E-state index contributed by atoms with van der Waals surface area (Å²) in [6, 6.07) is 15.0. The molecule has 0 aromatic heterocycles. The Kier molecular flexibility index (Phi) is 5.13. The largest absolute Gasteiger partial charge is 0.369 e. The van der Waals surface area contributed by atoms with E-state index < -0.39 is 9.05 Å². The third-order valence-corrected chi connectivity index (χ3v) is 5.89. The lowest BCUT2D eigenvalue weighted by atomic mass is 10.1. The molecule has 4 nitrogen and oxygen atoms in total. The normalized spacial score (nSPS) is 16.3. The van der Waals surface area contributed by atoms with Crippen LogP contribution in [0.2, 0.25) is 0 Å².